The minimum absolute atomic E-state index is 0.0308. The fourth-order valence-electron chi connectivity index (χ4n) is 3.97. The third-order valence-electron chi connectivity index (χ3n) is 5.86. The number of Topliss-reactive ketones (excluding diaryl/α,β-unsaturated/α-hetero) is 1. The second-order valence-corrected chi connectivity index (χ2v) is 8.20. The molecule has 31 heavy (non-hydrogen) atoms. The zero-order valence-electron chi connectivity index (χ0n) is 18.6. The molecule has 1 aromatic carbocycles. The zero-order chi connectivity index (χ0) is 22.4. The predicted octanol–water partition coefficient (Wildman–Crippen LogP) is 2.32. The van der Waals surface area contributed by atoms with Crippen molar-refractivity contribution in [3.8, 4) is 5.75 Å². The molecule has 1 atom stereocenters. The summed E-state index contributed by atoms with van der Waals surface area (Å²) in [5.41, 5.74) is 1.34. The first-order chi connectivity index (χ1) is 14.9. The Morgan fingerprint density at radius 1 is 1.19 bits per heavy atom. The molecule has 1 fully saturated rings. The molecule has 0 saturated carbocycles. The van der Waals surface area contributed by atoms with Crippen molar-refractivity contribution >= 4 is 18.0 Å². The number of nitrogens with zero attached hydrogens (tertiary/aromatic N) is 4. The van der Waals surface area contributed by atoms with E-state index in [1.165, 1.54) is 6.21 Å². The highest BCUT2D eigenvalue weighted by Crippen LogP contribution is 2.33. The second-order valence-electron chi connectivity index (χ2n) is 8.20. The third-order valence-corrected chi connectivity index (χ3v) is 5.86. The molecule has 2 amide bonds. The Labute approximate surface area is 183 Å². The van der Waals surface area contributed by atoms with Gasteiger partial charge in [-0.3, -0.25) is 14.7 Å². The monoisotopic (exact) mass is 428 g/mol. The number of rotatable bonds is 6. The van der Waals surface area contributed by atoms with E-state index in [4.69, 9.17) is 4.74 Å². The second kappa shape index (κ2) is 10.4. The van der Waals surface area contributed by atoms with Crippen molar-refractivity contribution in [2.45, 2.75) is 18.8 Å². The summed E-state index contributed by atoms with van der Waals surface area (Å²) in [5.74, 6) is 0.765. The van der Waals surface area contributed by atoms with Gasteiger partial charge in [-0.1, -0.05) is 12.1 Å². The van der Waals surface area contributed by atoms with Crippen LogP contribution >= 0.6 is 0 Å². The highest BCUT2D eigenvalue weighted by molar-refractivity contribution is 6.14. The lowest BCUT2D eigenvalue weighted by Crippen LogP contribution is -2.51. The summed E-state index contributed by atoms with van der Waals surface area (Å²) in [5, 5.41) is 10.4. The van der Waals surface area contributed by atoms with Gasteiger partial charge in [-0.15, -0.1) is 0 Å². The average Bonchev–Trinajstić information content (AvgIpc) is 2.77. The molecule has 8 heteroatoms. The van der Waals surface area contributed by atoms with Gasteiger partial charge in [-0.05, 0) is 23.6 Å². The van der Waals surface area contributed by atoms with Crippen molar-refractivity contribution in [2.24, 2.45) is 4.99 Å². The van der Waals surface area contributed by atoms with Gasteiger partial charge in [0, 0.05) is 65.9 Å². The quantitative estimate of drug-likeness (QED) is 0.703. The Kier molecular flexibility index (Phi) is 7.68. The summed E-state index contributed by atoms with van der Waals surface area (Å²) < 4.78 is 5.17. The number of carbonyl (C=O) groups is 2. The smallest absolute Gasteiger partial charge is 0.319 e. The molecule has 2 aliphatic rings. The van der Waals surface area contributed by atoms with Crippen molar-refractivity contribution in [3.05, 3.63) is 41.2 Å². The minimum atomic E-state index is -0.0795. The van der Waals surface area contributed by atoms with Crippen molar-refractivity contribution in [2.75, 3.05) is 60.5 Å². The highest BCUT2D eigenvalue weighted by Gasteiger charge is 2.28. The number of allylic oxidation sites excluding steroid dienone is 2. The number of ether oxygens (including phenoxy) is 1. The molecule has 1 aliphatic heterocycles. The van der Waals surface area contributed by atoms with Crippen molar-refractivity contribution < 1.29 is 19.4 Å². The van der Waals surface area contributed by atoms with E-state index in [9.17, 15) is 14.7 Å². The summed E-state index contributed by atoms with van der Waals surface area (Å²) in [6, 6.07) is 7.66. The van der Waals surface area contributed by atoms with Gasteiger partial charge in [-0.2, -0.15) is 0 Å². The molecule has 8 nitrogen and oxygen atoms in total. The van der Waals surface area contributed by atoms with Crippen LogP contribution in [0, 0.1) is 0 Å². The molecule has 0 bridgehead atoms. The molecule has 0 spiro atoms. The summed E-state index contributed by atoms with van der Waals surface area (Å²) in [4.78, 5) is 34.7. The number of benzene rings is 1. The molecule has 0 aromatic heterocycles. The lowest BCUT2D eigenvalue weighted by atomic mass is 9.83. The molecule has 168 valence electrons. The number of methoxy groups -OCH3 is 1. The van der Waals surface area contributed by atoms with Crippen molar-refractivity contribution in [1.29, 1.82) is 0 Å². The number of aliphatic hydroxyl groups excluding tert-OH is 1. The number of hydrogen-bond donors (Lipinski definition) is 1. The Bertz CT molecular complexity index is 840. The van der Waals surface area contributed by atoms with Gasteiger partial charge in [0.05, 0.1) is 19.2 Å². The third kappa shape index (κ3) is 5.85. The Morgan fingerprint density at radius 2 is 1.87 bits per heavy atom. The maximum absolute atomic E-state index is 12.6. The first-order valence-corrected chi connectivity index (χ1v) is 10.7. The number of aliphatic imine (C=N–C) groups is 1. The van der Waals surface area contributed by atoms with Crippen LogP contribution in [0.1, 0.15) is 24.3 Å². The highest BCUT2D eigenvalue weighted by atomic mass is 16.5. The minimum Gasteiger partial charge on any atom is -0.511 e. The van der Waals surface area contributed by atoms with E-state index in [2.05, 4.69) is 9.89 Å². The van der Waals surface area contributed by atoms with Crippen molar-refractivity contribution in [1.82, 2.24) is 14.7 Å². The van der Waals surface area contributed by atoms with Crippen LogP contribution in [0.2, 0.25) is 0 Å². The van der Waals surface area contributed by atoms with E-state index >= 15 is 0 Å². The maximum Gasteiger partial charge on any atom is 0.319 e. The van der Waals surface area contributed by atoms with Crippen LogP contribution in [0.15, 0.2) is 40.6 Å². The van der Waals surface area contributed by atoms with Gasteiger partial charge in [0.2, 0.25) is 0 Å². The van der Waals surface area contributed by atoms with Gasteiger partial charge in [0.1, 0.15) is 11.5 Å². The number of ketones is 1. The Hall–Kier alpha value is -2.87. The SMILES string of the molecule is COc1ccc(C2CC(=O)C(C=NCCN3CCN(C(=O)N(C)C)CC3)=C(O)C2)cc1. The first-order valence-electron chi connectivity index (χ1n) is 10.7. The zero-order valence-corrected chi connectivity index (χ0v) is 18.6. The summed E-state index contributed by atoms with van der Waals surface area (Å²) >= 11 is 0. The van der Waals surface area contributed by atoms with Gasteiger partial charge in [0.25, 0.3) is 0 Å². The molecule has 3 rings (SSSR count). The first kappa shape index (κ1) is 22.8. The summed E-state index contributed by atoms with van der Waals surface area (Å²) in [7, 11) is 5.14. The van der Waals surface area contributed by atoms with Crippen LogP contribution in [0.3, 0.4) is 0 Å². The Morgan fingerprint density at radius 3 is 2.45 bits per heavy atom. The van der Waals surface area contributed by atoms with E-state index in [0.29, 0.717) is 38.0 Å². The molecular weight excluding hydrogens is 396 g/mol. The number of piperazine rings is 1. The van der Waals surface area contributed by atoms with Crippen LogP contribution in [-0.4, -0.2) is 98.3 Å². The van der Waals surface area contributed by atoms with Gasteiger partial charge < -0.3 is 19.6 Å². The maximum atomic E-state index is 12.6. The number of carbonyl (C=O) groups excluding carboxylic acids is 2. The largest absolute Gasteiger partial charge is 0.511 e. The van der Waals surface area contributed by atoms with E-state index in [1.807, 2.05) is 29.2 Å². The van der Waals surface area contributed by atoms with Crippen molar-refractivity contribution in [3.63, 3.8) is 0 Å². The predicted molar refractivity (Wildman–Crippen MR) is 120 cm³/mol. The van der Waals surface area contributed by atoms with Crippen LogP contribution in [0.25, 0.3) is 0 Å². The molecule has 1 saturated heterocycles. The fraction of sp³-hybridized carbons (Fsp3) is 0.522. The van der Waals surface area contributed by atoms with Crippen LogP contribution in [-0.2, 0) is 4.79 Å². The molecule has 1 heterocycles. The van der Waals surface area contributed by atoms with Gasteiger partial charge in [-0.25, -0.2) is 4.79 Å². The molecule has 1 aromatic rings. The fourth-order valence-corrected chi connectivity index (χ4v) is 3.97. The van der Waals surface area contributed by atoms with Gasteiger partial charge >= 0.3 is 6.03 Å². The van der Waals surface area contributed by atoms with Crippen LogP contribution < -0.4 is 4.74 Å². The van der Waals surface area contributed by atoms with Gasteiger partial charge in [0.15, 0.2) is 5.78 Å². The molecule has 0 radical (unpaired) electrons. The number of amides is 2. The van der Waals surface area contributed by atoms with E-state index in [-0.39, 0.29) is 23.5 Å². The van der Waals surface area contributed by atoms with Crippen LogP contribution in [0.5, 0.6) is 5.75 Å². The molecule has 1 aliphatic carbocycles. The van der Waals surface area contributed by atoms with Crippen LogP contribution in [0.4, 0.5) is 4.79 Å². The number of hydrogen-bond acceptors (Lipinski definition) is 6. The molecule has 1 N–H and O–H groups in total. The van der Waals surface area contributed by atoms with E-state index in [1.54, 1.807) is 26.1 Å². The Balaban J connectivity index is 1.48. The lowest BCUT2D eigenvalue weighted by Gasteiger charge is -2.35. The number of aliphatic hydroxyl groups is 1. The molecular formula is C23H32N4O4. The standard InChI is InChI=1S/C23H32N4O4/c1-25(2)23(30)27-12-10-26(11-13-27)9-8-24-16-20-21(28)14-18(15-22(20)29)17-4-6-19(31-3)7-5-17/h4-7,16,18,28H,8-15H2,1-3H3. The van der Waals surface area contributed by atoms with E-state index in [0.717, 1.165) is 30.9 Å². The topological polar surface area (TPSA) is 85.7 Å². The summed E-state index contributed by atoms with van der Waals surface area (Å²) in [6.45, 7) is 4.34. The number of urea groups is 1. The summed E-state index contributed by atoms with van der Waals surface area (Å²) in [6.07, 6.45) is 2.31. The molecule has 1 unspecified atom stereocenters. The average molecular weight is 429 g/mol. The van der Waals surface area contributed by atoms with E-state index < -0.39 is 0 Å². The normalized spacial score (nSPS) is 20.4. The lowest BCUT2D eigenvalue weighted by molar-refractivity contribution is -0.116.